The van der Waals surface area contributed by atoms with Gasteiger partial charge in [0.15, 0.2) is 0 Å². The number of carbonyl (C=O) groups excluding carboxylic acids is 1. The Kier molecular flexibility index (Phi) is 6.52. The third-order valence-corrected chi connectivity index (χ3v) is 1.67. The van der Waals surface area contributed by atoms with E-state index < -0.39 is 0 Å². The Bertz CT molecular complexity index is 265. The molecule has 0 aromatic rings. The van der Waals surface area contributed by atoms with Gasteiger partial charge in [0, 0.05) is 0 Å². The summed E-state index contributed by atoms with van der Waals surface area (Å²) < 4.78 is 0. The molecule has 0 spiro atoms. The summed E-state index contributed by atoms with van der Waals surface area (Å²) in [7, 11) is 0. The summed E-state index contributed by atoms with van der Waals surface area (Å²) in [6, 6.07) is 0. The fourth-order valence-corrected chi connectivity index (χ4v) is 0.664. The Labute approximate surface area is 80.2 Å². The van der Waals surface area contributed by atoms with Gasteiger partial charge in [-0.2, -0.15) is 0 Å². The molecule has 0 heterocycles. The van der Waals surface area contributed by atoms with Crippen molar-refractivity contribution in [1.29, 1.82) is 0 Å². The quantitative estimate of drug-likeness (QED) is 0.365. The van der Waals surface area contributed by atoms with Crippen molar-refractivity contribution in [3.05, 3.63) is 47.6 Å². The van der Waals surface area contributed by atoms with Crippen molar-refractivity contribution in [3.63, 3.8) is 0 Å². The number of hydrogen-bond acceptors (Lipinski definition) is 1. The molecule has 1 nitrogen and oxygen atoms in total. The monoisotopic (exact) mass is 176 g/mol. The molecule has 0 amide bonds. The van der Waals surface area contributed by atoms with Crippen molar-refractivity contribution in [1.82, 2.24) is 0 Å². The average molecular weight is 176 g/mol. The molecule has 0 unspecified atom stereocenters. The van der Waals surface area contributed by atoms with E-state index in [2.05, 4.69) is 0 Å². The van der Waals surface area contributed by atoms with Gasteiger partial charge in [0.05, 0.1) is 0 Å². The molecule has 0 aromatic heterocycles. The van der Waals surface area contributed by atoms with Gasteiger partial charge in [-0.25, -0.2) is 0 Å². The zero-order valence-corrected chi connectivity index (χ0v) is 8.45. The largest absolute Gasteiger partial charge is 0.298 e. The van der Waals surface area contributed by atoms with Gasteiger partial charge in [-0.1, -0.05) is 36.5 Å². The first-order valence-electron chi connectivity index (χ1n) is 4.31. The van der Waals surface area contributed by atoms with E-state index in [1.54, 1.807) is 0 Å². The molecule has 13 heavy (non-hydrogen) atoms. The summed E-state index contributed by atoms with van der Waals surface area (Å²) in [6.45, 7) is 5.70. The highest BCUT2D eigenvalue weighted by Crippen LogP contribution is 2.01. The molecule has 0 rings (SSSR count). The molecule has 70 valence electrons. The SMILES string of the molecule is CC=CC=CC=CC(C)=C(C)C=O. The van der Waals surface area contributed by atoms with Crippen molar-refractivity contribution in [2.24, 2.45) is 0 Å². The molecule has 0 fully saturated rings. The molecule has 0 radical (unpaired) electrons. The van der Waals surface area contributed by atoms with Crippen LogP contribution in [-0.2, 0) is 4.79 Å². The molecule has 0 saturated heterocycles. The van der Waals surface area contributed by atoms with Crippen LogP contribution in [0.2, 0.25) is 0 Å². The Morgan fingerprint density at radius 2 is 1.54 bits per heavy atom. The first kappa shape index (κ1) is 11.6. The summed E-state index contributed by atoms with van der Waals surface area (Å²) in [5, 5.41) is 0. The average Bonchev–Trinajstić information content (AvgIpc) is 2.16. The Hall–Kier alpha value is -1.37. The van der Waals surface area contributed by atoms with Crippen LogP contribution in [0.1, 0.15) is 20.8 Å². The first-order valence-corrected chi connectivity index (χ1v) is 4.31. The third-order valence-electron chi connectivity index (χ3n) is 1.67. The van der Waals surface area contributed by atoms with Crippen molar-refractivity contribution in [2.45, 2.75) is 20.8 Å². The Morgan fingerprint density at radius 1 is 0.923 bits per heavy atom. The lowest BCUT2D eigenvalue weighted by Crippen LogP contribution is -1.80. The lowest BCUT2D eigenvalue weighted by molar-refractivity contribution is -0.104. The van der Waals surface area contributed by atoms with E-state index in [0.717, 1.165) is 17.4 Å². The first-order chi connectivity index (χ1) is 6.22. The third kappa shape index (κ3) is 5.85. The Balaban J connectivity index is 4.20. The second kappa shape index (κ2) is 7.29. The van der Waals surface area contributed by atoms with E-state index in [1.807, 2.05) is 57.2 Å². The minimum atomic E-state index is 0.774. The van der Waals surface area contributed by atoms with Gasteiger partial charge in [0.2, 0.25) is 0 Å². The minimum absolute atomic E-state index is 0.774. The molecular weight excluding hydrogens is 160 g/mol. The molecule has 0 bridgehead atoms. The molecule has 0 saturated carbocycles. The maximum absolute atomic E-state index is 10.4. The maximum Gasteiger partial charge on any atom is 0.146 e. The molecule has 0 aliphatic rings. The fraction of sp³-hybridized carbons (Fsp3) is 0.250. The van der Waals surface area contributed by atoms with Crippen molar-refractivity contribution >= 4 is 6.29 Å². The lowest BCUT2D eigenvalue weighted by Gasteiger charge is -1.91. The minimum Gasteiger partial charge on any atom is -0.298 e. The number of hydrogen-bond donors (Lipinski definition) is 0. The van der Waals surface area contributed by atoms with Crippen LogP contribution in [0.4, 0.5) is 0 Å². The van der Waals surface area contributed by atoms with Crippen LogP contribution in [0.3, 0.4) is 0 Å². The number of allylic oxidation sites excluding steroid dienone is 8. The van der Waals surface area contributed by atoms with Crippen LogP contribution in [-0.4, -0.2) is 6.29 Å². The molecule has 0 atom stereocenters. The van der Waals surface area contributed by atoms with E-state index in [-0.39, 0.29) is 0 Å². The van der Waals surface area contributed by atoms with Crippen LogP contribution in [0.25, 0.3) is 0 Å². The van der Waals surface area contributed by atoms with Crippen LogP contribution >= 0.6 is 0 Å². The van der Waals surface area contributed by atoms with Gasteiger partial charge in [-0.15, -0.1) is 0 Å². The van der Waals surface area contributed by atoms with Crippen molar-refractivity contribution < 1.29 is 4.79 Å². The highest BCUT2D eigenvalue weighted by Gasteiger charge is 1.87. The van der Waals surface area contributed by atoms with Gasteiger partial charge in [0.1, 0.15) is 6.29 Å². The molecule has 0 aliphatic heterocycles. The van der Waals surface area contributed by atoms with Crippen molar-refractivity contribution in [3.8, 4) is 0 Å². The van der Waals surface area contributed by atoms with E-state index in [0.29, 0.717) is 0 Å². The maximum atomic E-state index is 10.4. The lowest BCUT2D eigenvalue weighted by atomic mass is 10.1. The molecular formula is C12H16O. The normalized spacial score (nSPS) is 14.4. The highest BCUT2D eigenvalue weighted by molar-refractivity contribution is 5.74. The van der Waals surface area contributed by atoms with Gasteiger partial charge < -0.3 is 0 Å². The van der Waals surface area contributed by atoms with E-state index in [9.17, 15) is 4.79 Å². The van der Waals surface area contributed by atoms with Gasteiger partial charge in [-0.3, -0.25) is 4.79 Å². The zero-order valence-electron chi connectivity index (χ0n) is 8.45. The topological polar surface area (TPSA) is 17.1 Å². The van der Waals surface area contributed by atoms with E-state index in [1.165, 1.54) is 0 Å². The summed E-state index contributed by atoms with van der Waals surface area (Å²) in [6.07, 6.45) is 12.5. The Morgan fingerprint density at radius 3 is 2.08 bits per heavy atom. The number of aldehydes is 1. The van der Waals surface area contributed by atoms with Crippen molar-refractivity contribution in [2.75, 3.05) is 0 Å². The summed E-state index contributed by atoms with van der Waals surface area (Å²) in [5.41, 5.74) is 1.77. The molecule has 1 heteroatoms. The van der Waals surface area contributed by atoms with E-state index >= 15 is 0 Å². The number of rotatable bonds is 4. The van der Waals surface area contributed by atoms with Crippen LogP contribution in [0, 0.1) is 0 Å². The predicted octanol–water partition coefficient (Wildman–Crippen LogP) is 3.21. The van der Waals surface area contributed by atoms with Crippen LogP contribution in [0.15, 0.2) is 47.6 Å². The standard InChI is InChI=1S/C12H16O/c1-4-5-6-7-8-9-11(2)12(3)10-13/h4-10H,1-3H3. The van der Waals surface area contributed by atoms with Crippen LogP contribution < -0.4 is 0 Å². The zero-order chi connectivity index (χ0) is 10.1. The van der Waals surface area contributed by atoms with E-state index in [4.69, 9.17) is 0 Å². The van der Waals surface area contributed by atoms with Gasteiger partial charge in [0.25, 0.3) is 0 Å². The number of carbonyl (C=O) groups is 1. The highest BCUT2D eigenvalue weighted by atomic mass is 16.1. The second-order valence-electron chi connectivity index (χ2n) is 2.75. The molecule has 0 aliphatic carbocycles. The smallest absolute Gasteiger partial charge is 0.146 e. The fourth-order valence-electron chi connectivity index (χ4n) is 0.664. The molecule has 0 N–H and O–H groups in total. The van der Waals surface area contributed by atoms with Gasteiger partial charge in [-0.05, 0) is 31.9 Å². The van der Waals surface area contributed by atoms with Gasteiger partial charge >= 0.3 is 0 Å². The molecule has 0 aromatic carbocycles. The second-order valence-corrected chi connectivity index (χ2v) is 2.75. The summed E-state index contributed by atoms with van der Waals surface area (Å²) >= 11 is 0. The van der Waals surface area contributed by atoms with Crippen LogP contribution in [0.5, 0.6) is 0 Å². The summed E-state index contributed by atoms with van der Waals surface area (Å²) in [5.74, 6) is 0. The predicted molar refractivity (Wildman–Crippen MR) is 57.5 cm³/mol. The summed E-state index contributed by atoms with van der Waals surface area (Å²) in [4.78, 5) is 10.4.